The van der Waals surface area contributed by atoms with Crippen LogP contribution in [-0.2, 0) is 14.8 Å². The van der Waals surface area contributed by atoms with Crippen LogP contribution >= 0.6 is 0 Å². The Labute approximate surface area is 124 Å². The van der Waals surface area contributed by atoms with Crippen LogP contribution in [0.5, 0.6) is 0 Å². The van der Waals surface area contributed by atoms with Gasteiger partial charge in [-0.15, -0.1) is 0 Å². The predicted molar refractivity (Wildman–Crippen MR) is 78.1 cm³/mol. The van der Waals surface area contributed by atoms with Gasteiger partial charge < -0.3 is 4.74 Å². The first-order valence-corrected chi connectivity index (χ1v) is 8.18. The van der Waals surface area contributed by atoms with E-state index in [4.69, 9.17) is 4.74 Å². The Morgan fingerprint density at radius 2 is 1.95 bits per heavy atom. The molecular weight excluding hydrogens is 288 g/mol. The van der Waals surface area contributed by atoms with E-state index < -0.39 is 10.0 Å². The number of morpholine rings is 1. The van der Waals surface area contributed by atoms with Crippen LogP contribution in [0.2, 0.25) is 0 Å². The first-order valence-electron chi connectivity index (χ1n) is 6.74. The number of sulfonamides is 1. The first-order chi connectivity index (χ1) is 10.2. The Morgan fingerprint density at radius 1 is 1.14 bits per heavy atom. The molecule has 1 aromatic carbocycles. The van der Waals surface area contributed by atoms with Gasteiger partial charge in [-0.05, 0) is 17.7 Å². The molecule has 0 saturated carbocycles. The van der Waals surface area contributed by atoms with Crippen molar-refractivity contribution >= 4 is 10.0 Å². The highest BCUT2D eigenvalue weighted by molar-refractivity contribution is 7.89. The molecule has 21 heavy (non-hydrogen) atoms. The van der Waals surface area contributed by atoms with Gasteiger partial charge in [0.15, 0.2) is 0 Å². The van der Waals surface area contributed by atoms with E-state index >= 15 is 0 Å². The minimum atomic E-state index is -3.51. The summed E-state index contributed by atoms with van der Waals surface area (Å²) in [5, 5.41) is 0. The van der Waals surface area contributed by atoms with Crippen molar-refractivity contribution in [2.75, 3.05) is 19.7 Å². The highest BCUT2D eigenvalue weighted by atomic mass is 32.2. The second-order valence-corrected chi connectivity index (χ2v) is 6.76. The first kappa shape index (κ1) is 14.2. The van der Waals surface area contributed by atoms with Gasteiger partial charge in [0.1, 0.15) is 4.90 Å². The number of hydrogen-bond donors (Lipinski definition) is 0. The summed E-state index contributed by atoms with van der Waals surface area (Å²) in [4.78, 5) is 4.11. The molecule has 6 heteroatoms. The summed E-state index contributed by atoms with van der Waals surface area (Å²) in [6.07, 6.45) is 2.71. The third-order valence-electron chi connectivity index (χ3n) is 3.47. The van der Waals surface area contributed by atoms with Crippen LogP contribution in [0.15, 0.2) is 59.8 Å². The van der Waals surface area contributed by atoms with Crippen LogP contribution in [-0.4, -0.2) is 37.4 Å². The molecule has 0 amide bonds. The van der Waals surface area contributed by atoms with Crippen molar-refractivity contribution < 1.29 is 13.2 Å². The minimum absolute atomic E-state index is 0.221. The topological polar surface area (TPSA) is 59.5 Å². The standard InChI is InChI=1S/C15H16N2O3S/c18-21(19,14-7-4-8-16-11-14)17-9-10-20-15(12-17)13-5-2-1-3-6-13/h1-8,11,15H,9-10,12H2. The van der Waals surface area contributed by atoms with Gasteiger partial charge in [-0.25, -0.2) is 8.42 Å². The zero-order chi connectivity index (χ0) is 14.7. The quantitative estimate of drug-likeness (QED) is 0.868. The number of ether oxygens (including phenoxy) is 1. The zero-order valence-electron chi connectivity index (χ0n) is 11.4. The number of benzene rings is 1. The smallest absolute Gasteiger partial charge is 0.244 e. The van der Waals surface area contributed by atoms with Gasteiger partial charge in [-0.1, -0.05) is 30.3 Å². The average Bonchev–Trinajstić information content (AvgIpc) is 2.57. The largest absolute Gasteiger partial charge is 0.371 e. The monoisotopic (exact) mass is 304 g/mol. The van der Waals surface area contributed by atoms with Gasteiger partial charge in [-0.2, -0.15) is 4.31 Å². The fourth-order valence-corrected chi connectivity index (χ4v) is 3.75. The maximum absolute atomic E-state index is 12.6. The van der Waals surface area contributed by atoms with E-state index in [2.05, 4.69) is 4.98 Å². The molecule has 1 saturated heterocycles. The molecule has 1 aliphatic heterocycles. The Bertz CT molecular complexity index is 689. The molecule has 0 spiro atoms. The molecule has 1 fully saturated rings. The average molecular weight is 304 g/mol. The number of rotatable bonds is 3. The van der Waals surface area contributed by atoms with Crippen molar-refractivity contribution in [3.63, 3.8) is 0 Å². The molecule has 0 aliphatic carbocycles. The maximum atomic E-state index is 12.6. The van der Waals surface area contributed by atoms with Gasteiger partial charge in [0.05, 0.1) is 12.7 Å². The fourth-order valence-electron chi connectivity index (χ4n) is 2.36. The maximum Gasteiger partial charge on any atom is 0.244 e. The molecule has 2 aromatic rings. The van der Waals surface area contributed by atoms with E-state index in [9.17, 15) is 8.42 Å². The highest BCUT2D eigenvalue weighted by Gasteiger charge is 2.31. The van der Waals surface area contributed by atoms with E-state index in [1.807, 2.05) is 30.3 Å². The van der Waals surface area contributed by atoms with E-state index in [1.54, 1.807) is 18.3 Å². The van der Waals surface area contributed by atoms with Gasteiger partial charge in [0, 0.05) is 25.5 Å². The Morgan fingerprint density at radius 3 is 2.67 bits per heavy atom. The van der Waals surface area contributed by atoms with Gasteiger partial charge in [-0.3, -0.25) is 4.98 Å². The van der Waals surface area contributed by atoms with Crippen LogP contribution in [0.4, 0.5) is 0 Å². The summed E-state index contributed by atoms with van der Waals surface area (Å²) in [6, 6.07) is 12.9. The van der Waals surface area contributed by atoms with Crippen molar-refractivity contribution in [1.82, 2.24) is 9.29 Å². The molecule has 0 bridgehead atoms. The van der Waals surface area contributed by atoms with Crippen LogP contribution in [0.3, 0.4) is 0 Å². The van der Waals surface area contributed by atoms with E-state index in [1.165, 1.54) is 10.5 Å². The van der Waals surface area contributed by atoms with Crippen LogP contribution in [0.1, 0.15) is 11.7 Å². The van der Waals surface area contributed by atoms with E-state index in [0.717, 1.165) is 5.56 Å². The van der Waals surface area contributed by atoms with Crippen LogP contribution in [0, 0.1) is 0 Å². The third-order valence-corrected chi connectivity index (χ3v) is 5.32. The Balaban J connectivity index is 1.84. The molecule has 1 atom stereocenters. The molecule has 110 valence electrons. The van der Waals surface area contributed by atoms with Crippen molar-refractivity contribution in [3.05, 3.63) is 60.4 Å². The number of nitrogens with zero attached hydrogens (tertiary/aromatic N) is 2. The lowest BCUT2D eigenvalue weighted by molar-refractivity contribution is -0.00255. The lowest BCUT2D eigenvalue weighted by Crippen LogP contribution is -2.42. The fraction of sp³-hybridized carbons (Fsp3) is 0.267. The summed E-state index contributed by atoms with van der Waals surface area (Å²) in [5.74, 6) is 0. The highest BCUT2D eigenvalue weighted by Crippen LogP contribution is 2.25. The SMILES string of the molecule is O=S(=O)(c1cccnc1)N1CCOC(c2ccccc2)C1. The third kappa shape index (κ3) is 2.97. The molecular formula is C15H16N2O3S. The number of hydrogen-bond acceptors (Lipinski definition) is 4. The lowest BCUT2D eigenvalue weighted by atomic mass is 10.1. The summed E-state index contributed by atoms with van der Waals surface area (Å²) >= 11 is 0. The van der Waals surface area contributed by atoms with Crippen LogP contribution in [0.25, 0.3) is 0 Å². The molecule has 1 aromatic heterocycles. The van der Waals surface area contributed by atoms with E-state index in [-0.39, 0.29) is 11.0 Å². The Kier molecular flexibility index (Phi) is 4.01. The molecule has 3 rings (SSSR count). The molecule has 5 nitrogen and oxygen atoms in total. The summed E-state index contributed by atoms with van der Waals surface area (Å²) < 4.78 is 32.4. The van der Waals surface area contributed by atoms with Gasteiger partial charge in [0.2, 0.25) is 10.0 Å². The normalized spacial score (nSPS) is 20.3. The number of pyridine rings is 1. The lowest BCUT2D eigenvalue weighted by Gasteiger charge is -2.32. The molecule has 1 unspecified atom stereocenters. The summed E-state index contributed by atoms with van der Waals surface area (Å²) in [5.41, 5.74) is 0.989. The molecule has 1 aliphatic rings. The second-order valence-electron chi connectivity index (χ2n) is 4.82. The van der Waals surface area contributed by atoms with E-state index in [0.29, 0.717) is 19.7 Å². The molecule has 2 heterocycles. The van der Waals surface area contributed by atoms with Gasteiger partial charge >= 0.3 is 0 Å². The van der Waals surface area contributed by atoms with Crippen molar-refractivity contribution in [1.29, 1.82) is 0 Å². The van der Waals surface area contributed by atoms with Crippen molar-refractivity contribution in [3.8, 4) is 0 Å². The van der Waals surface area contributed by atoms with Gasteiger partial charge in [0.25, 0.3) is 0 Å². The second kappa shape index (κ2) is 5.93. The molecule has 0 radical (unpaired) electrons. The predicted octanol–water partition coefficient (Wildman–Crippen LogP) is 1.84. The van der Waals surface area contributed by atoms with Crippen molar-refractivity contribution in [2.24, 2.45) is 0 Å². The summed E-state index contributed by atoms with van der Waals surface area (Å²) in [7, 11) is -3.51. The summed E-state index contributed by atoms with van der Waals surface area (Å²) in [6.45, 7) is 1.07. The molecule has 0 N–H and O–H groups in total. The minimum Gasteiger partial charge on any atom is -0.371 e. The number of aromatic nitrogens is 1. The Hall–Kier alpha value is -1.76. The van der Waals surface area contributed by atoms with Crippen LogP contribution < -0.4 is 0 Å². The van der Waals surface area contributed by atoms with Crippen molar-refractivity contribution in [2.45, 2.75) is 11.0 Å². The zero-order valence-corrected chi connectivity index (χ0v) is 12.2.